The number of aromatic nitrogens is 2. The lowest BCUT2D eigenvalue weighted by molar-refractivity contribution is 1.00. The molecule has 0 spiro atoms. The van der Waals surface area contributed by atoms with Gasteiger partial charge in [0.25, 0.3) is 0 Å². The van der Waals surface area contributed by atoms with Crippen molar-refractivity contribution in [2.75, 3.05) is 12.4 Å². The van der Waals surface area contributed by atoms with E-state index < -0.39 is 0 Å². The zero-order valence-corrected chi connectivity index (χ0v) is 12.3. The van der Waals surface area contributed by atoms with Gasteiger partial charge in [0.1, 0.15) is 5.82 Å². The Morgan fingerprint density at radius 3 is 2.26 bits per heavy atom. The summed E-state index contributed by atoms with van der Waals surface area (Å²) in [7, 11) is 1.89. The van der Waals surface area contributed by atoms with E-state index in [4.69, 9.17) is 0 Å². The van der Waals surface area contributed by atoms with Gasteiger partial charge in [-0.2, -0.15) is 0 Å². The highest BCUT2D eigenvalue weighted by Gasteiger charge is 2.09. The third-order valence-corrected chi connectivity index (χ3v) is 3.48. The molecule has 0 saturated heterocycles. The van der Waals surface area contributed by atoms with Crippen LogP contribution in [0.25, 0.3) is 11.4 Å². The van der Waals surface area contributed by atoms with Crippen LogP contribution < -0.4 is 5.32 Å². The summed E-state index contributed by atoms with van der Waals surface area (Å²) in [5.41, 5.74) is 5.99. The first-order valence-corrected chi connectivity index (χ1v) is 6.69. The molecule has 0 bridgehead atoms. The second-order valence-electron chi connectivity index (χ2n) is 4.92. The van der Waals surface area contributed by atoms with E-state index in [0.717, 1.165) is 29.3 Å². The monoisotopic (exact) mass is 255 g/mol. The maximum Gasteiger partial charge on any atom is 0.162 e. The Hall–Kier alpha value is -1.90. The topological polar surface area (TPSA) is 37.8 Å². The van der Waals surface area contributed by atoms with Crippen molar-refractivity contribution in [3.63, 3.8) is 0 Å². The zero-order valence-electron chi connectivity index (χ0n) is 12.3. The van der Waals surface area contributed by atoms with Crippen molar-refractivity contribution in [2.24, 2.45) is 0 Å². The first-order valence-electron chi connectivity index (χ1n) is 6.69. The standard InChI is InChI=1S/C16H21N3/c1-6-13-9-15(17-5)19-16(18-13)14-8-11(3)10(2)7-12(14)4/h7-9H,6H2,1-5H3,(H,17,18,19). The number of nitrogens with one attached hydrogen (secondary N) is 1. The third-order valence-electron chi connectivity index (χ3n) is 3.48. The number of hydrogen-bond acceptors (Lipinski definition) is 3. The molecule has 0 amide bonds. The van der Waals surface area contributed by atoms with Gasteiger partial charge in [-0.15, -0.1) is 0 Å². The molecule has 0 atom stereocenters. The normalized spacial score (nSPS) is 10.6. The van der Waals surface area contributed by atoms with Gasteiger partial charge in [0.2, 0.25) is 0 Å². The Morgan fingerprint density at radius 2 is 1.63 bits per heavy atom. The molecule has 3 nitrogen and oxygen atoms in total. The molecule has 0 aliphatic rings. The van der Waals surface area contributed by atoms with Crippen LogP contribution in [-0.4, -0.2) is 17.0 Å². The van der Waals surface area contributed by atoms with Crippen LogP contribution in [0.2, 0.25) is 0 Å². The van der Waals surface area contributed by atoms with Crippen molar-refractivity contribution in [3.8, 4) is 11.4 Å². The summed E-state index contributed by atoms with van der Waals surface area (Å²) in [5, 5.41) is 3.11. The fraction of sp³-hybridized carbons (Fsp3) is 0.375. The number of aryl methyl sites for hydroxylation is 4. The Kier molecular flexibility index (Phi) is 3.84. The Labute approximate surface area is 115 Å². The molecule has 1 aromatic carbocycles. The highest BCUT2D eigenvalue weighted by Crippen LogP contribution is 2.25. The van der Waals surface area contributed by atoms with E-state index in [1.165, 1.54) is 16.7 Å². The van der Waals surface area contributed by atoms with Crippen molar-refractivity contribution in [1.29, 1.82) is 0 Å². The van der Waals surface area contributed by atoms with Crippen LogP contribution in [0, 0.1) is 20.8 Å². The minimum atomic E-state index is 0.810. The summed E-state index contributed by atoms with van der Waals surface area (Å²) >= 11 is 0. The molecule has 2 rings (SSSR count). The smallest absolute Gasteiger partial charge is 0.162 e. The van der Waals surface area contributed by atoms with Gasteiger partial charge >= 0.3 is 0 Å². The van der Waals surface area contributed by atoms with E-state index in [1.807, 2.05) is 13.1 Å². The SMILES string of the molecule is CCc1cc(NC)nc(-c2cc(C)c(C)cc2C)n1. The molecule has 0 aliphatic carbocycles. The van der Waals surface area contributed by atoms with E-state index in [0.29, 0.717) is 0 Å². The fourth-order valence-electron chi connectivity index (χ4n) is 2.13. The quantitative estimate of drug-likeness (QED) is 0.909. The molecule has 19 heavy (non-hydrogen) atoms. The molecule has 1 aromatic heterocycles. The minimum Gasteiger partial charge on any atom is -0.373 e. The summed E-state index contributed by atoms with van der Waals surface area (Å²) < 4.78 is 0. The van der Waals surface area contributed by atoms with Gasteiger partial charge in [-0.3, -0.25) is 0 Å². The second kappa shape index (κ2) is 5.39. The molecule has 100 valence electrons. The predicted octanol–water partition coefficient (Wildman–Crippen LogP) is 3.67. The maximum atomic E-state index is 4.65. The van der Waals surface area contributed by atoms with Crippen LogP contribution in [-0.2, 0) is 6.42 Å². The summed E-state index contributed by atoms with van der Waals surface area (Å²) in [6.07, 6.45) is 0.911. The van der Waals surface area contributed by atoms with Crippen LogP contribution in [0.3, 0.4) is 0 Å². The maximum absolute atomic E-state index is 4.65. The molecule has 0 saturated carbocycles. The molecule has 1 N–H and O–H groups in total. The summed E-state index contributed by atoms with van der Waals surface area (Å²) in [5.74, 6) is 1.68. The van der Waals surface area contributed by atoms with Crippen LogP contribution >= 0.6 is 0 Å². The average Bonchev–Trinajstić information content (AvgIpc) is 2.42. The summed E-state index contributed by atoms with van der Waals surface area (Å²) in [6.45, 7) is 8.48. The highest BCUT2D eigenvalue weighted by atomic mass is 15.0. The average molecular weight is 255 g/mol. The number of benzene rings is 1. The lowest BCUT2D eigenvalue weighted by Crippen LogP contribution is -2.01. The molecule has 2 aromatic rings. The summed E-state index contributed by atoms with van der Waals surface area (Å²) in [6, 6.07) is 6.38. The Balaban J connectivity index is 2.61. The largest absolute Gasteiger partial charge is 0.373 e. The van der Waals surface area contributed by atoms with Crippen LogP contribution in [0.15, 0.2) is 18.2 Å². The zero-order chi connectivity index (χ0) is 14.0. The van der Waals surface area contributed by atoms with Crippen molar-refractivity contribution >= 4 is 5.82 Å². The molecular weight excluding hydrogens is 234 g/mol. The number of rotatable bonds is 3. The van der Waals surface area contributed by atoms with E-state index >= 15 is 0 Å². The van der Waals surface area contributed by atoms with Gasteiger partial charge in [-0.25, -0.2) is 9.97 Å². The number of anilines is 1. The van der Waals surface area contributed by atoms with Crippen molar-refractivity contribution in [1.82, 2.24) is 9.97 Å². The van der Waals surface area contributed by atoms with Crippen LogP contribution in [0.4, 0.5) is 5.82 Å². The first kappa shape index (κ1) is 13.5. The van der Waals surface area contributed by atoms with Gasteiger partial charge < -0.3 is 5.32 Å². The molecule has 0 fully saturated rings. The van der Waals surface area contributed by atoms with Crippen LogP contribution in [0.5, 0.6) is 0 Å². The predicted molar refractivity (Wildman–Crippen MR) is 80.6 cm³/mol. The van der Waals surface area contributed by atoms with Crippen molar-refractivity contribution in [2.45, 2.75) is 34.1 Å². The van der Waals surface area contributed by atoms with E-state index in [-0.39, 0.29) is 0 Å². The second-order valence-corrected chi connectivity index (χ2v) is 4.92. The van der Waals surface area contributed by atoms with E-state index in [2.05, 4.69) is 55.1 Å². The molecule has 0 radical (unpaired) electrons. The van der Waals surface area contributed by atoms with Crippen molar-refractivity contribution < 1.29 is 0 Å². The molecule has 1 heterocycles. The van der Waals surface area contributed by atoms with E-state index in [1.54, 1.807) is 0 Å². The molecular formula is C16H21N3. The van der Waals surface area contributed by atoms with Gasteiger partial charge in [0, 0.05) is 24.4 Å². The van der Waals surface area contributed by atoms with Crippen LogP contribution in [0.1, 0.15) is 29.3 Å². The molecule has 0 aliphatic heterocycles. The Bertz CT molecular complexity index is 581. The van der Waals surface area contributed by atoms with Gasteiger partial charge in [-0.1, -0.05) is 13.0 Å². The minimum absolute atomic E-state index is 0.810. The van der Waals surface area contributed by atoms with Gasteiger partial charge in [0.05, 0.1) is 0 Å². The Morgan fingerprint density at radius 1 is 0.947 bits per heavy atom. The number of nitrogens with zero attached hydrogens (tertiary/aromatic N) is 2. The first-order chi connectivity index (χ1) is 9.05. The fourth-order valence-corrected chi connectivity index (χ4v) is 2.13. The summed E-state index contributed by atoms with van der Waals surface area (Å²) in [4.78, 5) is 9.23. The molecule has 3 heteroatoms. The highest BCUT2D eigenvalue weighted by molar-refractivity contribution is 5.63. The lowest BCUT2D eigenvalue weighted by atomic mass is 10.0. The lowest BCUT2D eigenvalue weighted by Gasteiger charge is -2.11. The third kappa shape index (κ3) is 2.75. The van der Waals surface area contributed by atoms with Gasteiger partial charge in [-0.05, 0) is 49.9 Å². The van der Waals surface area contributed by atoms with E-state index in [9.17, 15) is 0 Å². The molecule has 0 unspecified atom stereocenters. The number of hydrogen-bond donors (Lipinski definition) is 1. The van der Waals surface area contributed by atoms with Gasteiger partial charge in [0.15, 0.2) is 5.82 Å². The van der Waals surface area contributed by atoms with Crippen molar-refractivity contribution in [3.05, 3.63) is 40.6 Å².